The monoisotopic (exact) mass is 788 g/mol. The molecule has 2 saturated carbocycles. The first-order valence-corrected chi connectivity index (χ1v) is 19.8. The Bertz CT molecular complexity index is 1860. The van der Waals surface area contributed by atoms with Crippen molar-refractivity contribution in [1.29, 1.82) is 0 Å². The molecule has 5 atom stereocenters. The molecule has 0 spiro atoms. The van der Waals surface area contributed by atoms with E-state index in [4.69, 9.17) is 9.47 Å². The van der Waals surface area contributed by atoms with E-state index < -0.39 is 98.7 Å². The largest absolute Gasteiger partial charge is 0.444 e. The summed E-state index contributed by atoms with van der Waals surface area (Å²) in [7, 11) is -3.95. The summed E-state index contributed by atoms with van der Waals surface area (Å²) in [5.41, 5.74) is -1.59. The zero-order valence-corrected chi connectivity index (χ0v) is 32.3. The molecule has 2 aliphatic heterocycles. The van der Waals surface area contributed by atoms with Gasteiger partial charge in [-0.25, -0.2) is 22.4 Å². The molecule has 3 fully saturated rings. The second-order valence-corrected chi connectivity index (χ2v) is 17.3. The molecule has 6 amide bonds. The van der Waals surface area contributed by atoms with Crippen LogP contribution in [-0.4, -0.2) is 113 Å². The number of halogens is 1. The Morgan fingerprint density at radius 1 is 1.13 bits per heavy atom. The molecule has 0 radical (unpaired) electrons. The maximum absolute atomic E-state index is 14.5. The predicted octanol–water partition coefficient (Wildman–Crippen LogP) is 2.23. The molecule has 2 heterocycles. The average Bonchev–Trinajstić information content (AvgIpc) is 4.00. The summed E-state index contributed by atoms with van der Waals surface area (Å²) >= 11 is 0. The van der Waals surface area contributed by atoms with Crippen LogP contribution in [0.15, 0.2) is 43.5 Å². The zero-order valence-electron chi connectivity index (χ0n) is 31.5. The minimum absolute atomic E-state index is 0.0343. The highest BCUT2D eigenvalue weighted by atomic mass is 32.2. The Hall–Kier alpha value is -5.00. The number of nitrogens with zero attached hydrogens (tertiary/aromatic N) is 3. The van der Waals surface area contributed by atoms with E-state index in [9.17, 15) is 41.6 Å². The second kappa shape index (κ2) is 16.0. The van der Waals surface area contributed by atoms with Crippen molar-refractivity contribution in [3.63, 3.8) is 0 Å². The van der Waals surface area contributed by atoms with Gasteiger partial charge in [0.15, 0.2) is 0 Å². The van der Waals surface area contributed by atoms with Crippen molar-refractivity contribution in [3.05, 3.63) is 60.5 Å². The Morgan fingerprint density at radius 3 is 2.42 bits per heavy atom. The SMILES string of the molecule is C=CCN(C[C@H](NC(=O)OC(C)(C)C)C(=O)N1C[C@H](OC(=O)N2Cc3cccc(F)c3C2)C[C@H]1C(=O)N[C@]1(C(=O)NS(=O)(=O)C2CC2)C[C@H]1CC)C(=O)C=C. The third kappa shape index (κ3) is 9.45. The smallest absolute Gasteiger partial charge is 0.410 e. The van der Waals surface area contributed by atoms with E-state index in [1.165, 1.54) is 28.0 Å². The number of sulfonamides is 1. The molecule has 4 aliphatic rings. The van der Waals surface area contributed by atoms with E-state index in [-0.39, 0.29) is 39.0 Å². The summed E-state index contributed by atoms with van der Waals surface area (Å²) in [4.78, 5) is 85.1. The normalized spacial score (nSPS) is 23.5. The number of hydrogen-bond acceptors (Lipinski definition) is 10. The van der Waals surface area contributed by atoms with Crippen LogP contribution in [0.5, 0.6) is 0 Å². The molecule has 300 valence electrons. The van der Waals surface area contributed by atoms with Crippen molar-refractivity contribution < 1.29 is 51.0 Å². The molecule has 0 aromatic heterocycles. The van der Waals surface area contributed by atoms with Gasteiger partial charge in [-0.1, -0.05) is 38.1 Å². The van der Waals surface area contributed by atoms with Crippen LogP contribution >= 0.6 is 0 Å². The summed E-state index contributed by atoms with van der Waals surface area (Å²) in [5, 5.41) is 4.53. The molecule has 1 aromatic rings. The lowest BCUT2D eigenvalue weighted by atomic mass is 10.1. The lowest BCUT2D eigenvalue weighted by Crippen LogP contribution is -2.60. The van der Waals surface area contributed by atoms with Crippen LogP contribution in [-0.2, 0) is 51.8 Å². The minimum atomic E-state index is -3.95. The zero-order chi connectivity index (χ0) is 40.5. The fourth-order valence-corrected chi connectivity index (χ4v) is 8.36. The standard InChI is InChI=1S/C37H49FN6O10S/c1-7-15-42(30(45)9-3)21-28(39-34(49)54-36(4,5)6)32(47)44-19-24(53-35(50)43-18-22-11-10-12-27(38)26(22)20-43)16-29(44)31(46)40-37(17-23(37)8-2)33(48)41-55(51,52)25-13-14-25/h7,9-12,23-25,28-29H,1,3,8,13-21H2,2,4-6H3,(H,39,49)(H,40,46)(H,41,48)/t23-,24-,28+,29+,37-/m1/s1. The average molecular weight is 789 g/mol. The number of benzene rings is 1. The van der Waals surface area contributed by atoms with Crippen LogP contribution in [0, 0.1) is 11.7 Å². The summed E-state index contributed by atoms with van der Waals surface area (Å²) in [5.74, 6) is -4.00. The number of carbonyl (C=O) groups excluding carboxylic acids is 6. The van der Waals surface area contributed by atoms with Gasteiger partial charge in [0.05, 0.1) is 24.9 Å². The number of alkyl carbamates (subject to hydrolysis) is 1. The summed E-state index contributed by atoms with van der Waals surface area (Å²) < 4.78 is 53.2. The van der Waals surface area contributed by atoms with E-state index in [2.05, 4.69) is 28.5 Å². The first-order chi connectivity index (χ1) is 25.8. The quantitative estimate of drug-likeness (QED) is 0.186. The second-order valence-electron chi connectivity index (χ2n) is 15.4. The van der Waals surface area contributed by atoms with Crippen molar-refractivity contribution >= 4 is 45.8 Å². The van der Waals surface area contributed by atoms with E-state index in [0.29, 0.717) is 30.4 Å². The Kier molecular flexibility index (Phi) is 12.0. The van der Waals surface area contributed by atoms with E-state index in [1.807, 2.05) is 0 Å². The van der Waals surface area contributed by atoms with Crippen LogP contribution in [0.1, 0.15) is 70.9 Å². The lowest BCUT2D eigenvalue weighted by molar-refractivity contribution is -0.142. The Morgan fingerprint density at radius 2 is 1.84 bits per heavy atom. The number of likely N-dealkylation sites (tertiary alicyclic amines) is 1. The van der Waals surface area contributed by atoms with Crippen molar-refractivity contribution in [2.45, 2.75) is 107 Å². The Balaban J connectivity index is 1.42. The van der Waals surface area contributed by atoms with Gasteiger partial charge in [0, 0.05) is 25.1 Å². The van der Waals surface area contributed by atoms with Gasteiger partial charge < -0.3 is 29.9 Å². The molecular formula is C37H49FN6O10S. The molecule has 0 bridgehead atoms. The van der Waals surface area contributed by atoms with Gasteiger partial charge >= 0.3 is 12.2 Å². The topological polar surface area (TPSA) is 201 Å². The highest BCUT2D eigenvalue weighted by Gasteiger charge is 2.62. The molecule has 1 aromatic carbocycles. The van der Waals surface area contributed by atoms with Gasteiger partial charge in [-0.05, 0) is 63.7 Å². The number of hydrogen-bond donors (Lipinski definition) is 3. The summed E-state index contributed by atoms with van der Waals surface area (Å²) in [6.45, 7) is 13.0. The first kappa shape index (κ1) is 41.2. The molecule has 55 heavy (non-hydrogen) atoms. The molecular weight excluding hydrogens is 740 g/mol. The highest BCUT2D eigenvalue weighted by molar-refractivity contribution is 7.91. The van der Waals surface area contributed by atoms with Crippen LogP contribution < -0.4 is 15.4 Å². The fraction of sp³-hybridized carbons (Fsp3) is 0.568. The number of rotatable bonds is 14. The van der Waals surface area contributed by atoms with Crippen LogP contribution in [0.3, 0.4) is 0 Å². The van der Waals surface area contributed by atoms with Crippen molar-refractivity contribution in [3.8, 4) is 0 Å². The van der Waals surface area contributed by atoms with E-state index in [0.717, 1.165) is 11.0 Å². The maximum Gasteiger partial charge on any atom is 0.410 e. The lowest BCUT2D eigenvalue weighted by Gasteiger charge is -2.32. The number of fused-ring (bicyclic) bond motifs is 1. The van der Waals surface area contributed by atoms with Gasteiger partial charge in [-0.3, -0.25) is 28.8 Å². The number of ether oxygens (including phenoxy) is 2. The molecule has 18 heteroatoms. The Labute approximate surface area is 319 Å². The number of amides is 6. The molecule has 5 rings (SSSR count). The van der Waals surface area contributed by atoms with Gasteiger partial charge in [0.25, 0.3) is 5.91 Å². The van der Waals surface area contributed by atoms with Gasteiger partial charge in [-0.15, -0.1) is 6.58 Å². The van der Waals surface area contributed by atoms with Crippen molar-refractivity contribution in [2.75, 3.05) is 19.6 Å². The van der Waals surface area contributed by atoms with Crippen LogP contribution in [0.4, 0.5) is 14.0 Å². The van der Waals surface area contributed by atoms with Crippen LogP contribution in [0.25, 0.3) is 0 Å². The van der Waals surface area contributed by atoms with E-state index >= 15 is 0 Å². The van der Waals surface area contributed by atoms with Crippen LogP contribution in [0.2, 0.25) is 0 Å². The predicted molar refractivity (Wildman–Crippen MR) is 196 cm³/mol. The van der Waals surface area contributed by atoms with Crippen molar-refractivity contribution in [2.24, 2.45) is 5.92 Å². The van der Waals surface area contributed by atoms with Gasteiger partial charge in [0.1, 0.15) is 35.1 Å². The van der Waals surface area contributed by atoms with Crippen molar-refractivity contribution in [1.82, 2.24) is 30.1 Å². The number of carbonyl (C=O) groups is 6. The minimum Gasteiger partial charge on any atom is -0.444 e. The maximum atomic E-state index is 14.5. The molecule has 1 saturated heterocycles. The first-order valence-electron chi connectivity index (χ1n) is 18.2. The molecule has 0 unspecified atom stereocenters. The fourth-order valence-electron chi connectivity index (χ4n) is 6.99. The van der Waals surface area contributed by atoms with E-state index in [1.54, 1.807) is 33.8 Å². The number of nitrogens with one attached hydrogen (secondary N) is 3. The van der Waals surface area contributed by atoms with Gasteiger partial charge in [0.2, 0.25) is 27.7 Å². The molecule has 3 N–H and O–H groups in total. The summed E-state index contributed by atoms with van der Waals surface area (Å²) in [6, 6.07) is 1.63. The summed E-state index contributed by atoms with van der Waals surface area (Å²) in [6.07, 6.45) is 0.714. The highest BCUT2D eigenvalue weighted by Crippen LogP contribution is 2.47. The third-order valence-corrected chi connectivity index (χ3v) is 11.9. The molecule has 16 nitrogen and oxygen atoms in total. The third-order valence-electron chi connectivity index (χ3n) is 10.1. The molecule has 2 aliphatic carbocycles. The van der Waals surface area contributed by atoms with Gasteiger partial charge in [-0.2, -0.15) is 0 Å².